The molecule has 1 amide bonds. The molecule has 1 atom stereocenters. The highest BCUT2D eigenvalue weighted by molar-refractivity contribution is 5.76. The van der Waals surface area contributed by atoms with Gasteiger partial charge >= 0.3 is 0 Å². The Balaban J connectivity index is 2.22. The Morgan fingerprint density at radius 2 is 2.06 bits per heavy atom. The van der Waals surface area contributed by atoms with Crippen molar-refractivity contribution in [3.8, 4) is 0 Å². The van der Waals surface area contributed by atoms with E-state index in [4.69, 9.17) is 5.73 Å². The van der Waals surface area contributed by atoms with Crippen LogP contribution in [0.3, 0.4) is 0 Å². The van der Waals surface area contributed by atoms with Crippen LogP contribution >= 0.6 is 0 Å². The lowest BCUT2D eigenvalue weighted by Crippen LogP contribution is -2.45. The van der Waals surface area contributed by atoms with Crippen molar-refractivity contribution < 1.29 is 9.90 Å². The zero-order chi connectivity index (χ0) is 12.7. The van der Waals surface area contributed by atoms with E-state index in [1.165, 1.54) is 6.42 Å². The van der Waals surface area contributed by atoms with Gasteiger partial charge in [0.15, 0.2) is 0 Å². The largest absolute Gasteiger partial charge is 0.388 e. The van der Waals surface area contributed by atoms with Crippen LogP contribution in [0.1, 0.15) is 58.3 Å². The third-order valence-electron chi connectivity index (χ3n) is 3.51. The van der Waals surface area contributed by atoms with Crippen molar-refractivity contribution in [2.24, 2.45) is 5.73 Å². The van der Waals surface area contributed by atoms with E-state index in [9.17, 15) is 9.90 Å². The van der Waals surface area contributed by atoms with Gasteiger partial charge in [-0.2, -0.15) is 0 Å². The smallest absolute Gasteiger partial charge is 0.221 e. The molecule has 4 nitrogen and oxygen atoms in total. The summed E-state index contributed by atoms with van der Waals surface area (Å²) in [5, 5.41) is 13.0. The summed E-state index contributed by atoms with van der Waals surface area (Å²) in [7, 11) is 0. The summed E-state index contributed by atoms with van der Waals surface area (Å²) in [6.45, 7) is 2.44. The first kappa shape index (κ1) is 14.5. The van der Waals surface area contributed by atoms with Gasteiger partial charge in [0.25, 0.3) is 0 Å². The molecule has 0 saturated heterocycles. The number of hydrogen-bond donors (Lipinski definition) is 3. The molecule has 0 bridgehead atoms. The SMILES string of the molecule is CCCC(N)CC(=O)NCC1(O)CCCCC1. The van der Waals surface area contributed by atoms with Crippen molar-refractivity contribution >= 4 is 5.91 Å². The Hall–Kier alpha value is -0.610. The minimum Gasteiger partial charge on any atom is -0.388 e. The molecule has 0 spiro atoms. The van der Waals surface area contributed by atoms with E-state index in [-0.39, 0.29) is 11.9 Å². The minimum absolute atomic E-state index is 0.0371. The summed E-state index contributed by atoms with van der Waals surface area (Å²) in [4.78, 5) is 11.6. The topological polar surface area (TPSA) is 75.4 Å². The van der Waals surface area contributed by atoms with E-state index in [0.29, 0.717) is 13.0 Å². The maximum atomic E-state index is 11.6. The lowest BCUT2D eigenvalue weighted by molar-refractivity contribution is -0.123. The van der Waals surface area contributed by atoms with Crippen LogP contribution in [-0.2, 0) is 4.79 Å². The van der Waals surface area contributed by atoms with Crippen molar-refractivity contribution in [1.29, 1.82) is 0 Å². The molecule has 100 valence electrons. The highest BCUT2D eigenvalue weighted by atomic mass is 16.3. The fourth-order valence-electron chi connectivity index (χ4n) is 2.43. The highest BCUT2D eigenvalue weighted by Gasteiger charge is 2.29. The Morgan fingerprint density at radius 1 is 1.41 bits per heavy atom. The van der Waals surface area contributed by atoms with Gasteiger partial charge in [-0.1, -0.05) is 32.6 Å². The monoisotopic (exact) mass is 242 g/mol. The van der Waals surface area contributed by atoms with Crippen LogP contribution in [0.2, 0.25) is 0 Å². The van der Waals surface area contributed by atoms with Gasteiger partial charge < -0.3 is 16.2 Å². The molecule has 1 aliphatic rings. The summed E-state index contributed by atoms with van der Waals surface area (Å²) in [6, 6.07) is -0.0546. The first-order chi connectivity index (χ1) is 8.06. The molecule has 0 aromatic carbocycles. The van der Waals surface area contributed by atoms with Crippen LogP contribution in [0.5, 0.6) is 0 Å². The highest BCUT2D eigenvalue weighted by Crippen LogP contribution is 2.27. The quantitative estimate of drug-likeness (QED) is 0.657. The van der Waals surface area contributed by atoms with Crippen molar-refractivity contribution in [2.45, 2.75) is 69.9 Å². The molecule has 4 N–H and O–H groups in total. The number of rotatable bonds is 6. The zero-order valence-electron chi connectivity index (χ0n) is 10.9. The van der Waals surface area contributed by atoms with Crippen molar-refractivity contribution in [3.05, 3.63) is 0 Å². The predicted molar refractivity (Wildman–Crippen MR) is 68.5 cm³/mol. The molecular formula is C13H26N2O2. The van der Waals surface area contributed by atoms with E-state index in [2.05, 4.69) is 12.2 Å². The number of carbonyl (C=O) groups is 1. The van der Waals surface area contributed by atoms with Crippen LogP contribution in [-0.4, -0.2) is 29.2 Å². The van der Waals surface area contributed by atoms with Gasteiger partial charge in [0, 0.05) is 19.0 Å². The molecule has 1 saturated carbocycles. The summed E-state index contributed by atoms with van der Waals surface area (Å²) < 4.78 is 0. The third-order valence-corrected chi connectivity index (χ3v) is 3.51. The van der Waals surface area contributed by atoms with Crippen LogP contribution < -0.4 is 11.1 Å². The first-order valence-corrected chi connectivity index (χ1v) is 6.80. The number of amides is 1. The van der Waals surface area contributed by atoms with Gasteiger partial charge in [-0.05, 0) is 19.3 Å². The Kier molecular flexibility index (Phi) is 5.92. The average molecular weight is 242 g/mol. The maximum absolute atomic E-state index is 11.6. The molecule has 17 heavy (non-hydrogen) atoms. The summed E-state index contributed by atoms with van der Waals surface area (Å²) in [5.41, 5.74) is 5.13. The molecule has 1 fully saturated rings. The van der Waals surface area contributed by atoms with Crippen LogP contribution in [0.25, 0.3) is 0 Å². The number of nitrogens with two attached hydrogens (primary N) is 1. The van der Waals surface area contributed by atoms with Gasteiger partial charge in [-0.15, -0.1) is 0 Å². The third kappa shape index (κ3) is 5.50. The maximum Gasteiger partial charge on any atom is 0.221 e. The van der Waals surface area contributed by atoms with Crippen molar-refractivity contribution in [1.82, 2.24) is 5.32 Å². The lowest BCUT2D eigenvalue weighted by Gasteiger charge is -2.32. The molecule has 0 heterocycles. The van der Waals surface area contributed by atoms with E-state index < -0.39 is 5.60 Å². The van der Waals surface area contributed by atoms with Crippen LogP contribution in [0.4, 0.5) is 0 Å². The number of aliphatic hydroxyl groups is 1. The van der Waals surface area contributed by atoms with Crippen molar-refractivity contribution in [2.75, 3.05) is 6.54 Å². The summed E-state index contributed by atoms with van der Waals surface area (Å²) in [5.74, 6) is -0.0371. The van der Waals surface area contributed by atoms with Gasteiger partial charge in [-0.25, -0.2) is 0 Å². The Bertz CT molecular complexity index is 238. The number of carbonyl (C=O) groups excluding carboxylic acids is 1. The number of hydrogen-bond acceptors (Lipinski definition) is 3. The Labute approximate surface area is 104 Å². The second-order valence-corrected chi connectivity index (χ2v) is 5.31. The molecule has 0 aromatic rings. The fraction of sp³-hybridized carbons (Fsp3) is 0.923. The van der Waals surface area contributed by atoms with Gasteiger partial charge in [-0.3, -0.25) is 4.79 Å². The molecular weight excluding hydrogens is 216 g/mol. The molecule has 1 aliphatic carbocycles. The van der Waals surface area contributed by atoms with Gasteiger partial charge in [0.1, 0.15) is 0 Å². The number of nitrogens with one attached hydrogen (secondary N) is 1. The molecule has 0 radical (unpaired) electrons. The summed E-state index contributed by atoms with van der Waals surface area (Å²) in [6.07, 6.45) is 7.14. The molecule has 0 aliphatic heterocycles. The second kappa shape index (κ2) is 6.97. The summed E-state index contributed by atoms with van der Waals surface area (Å²) >= 11 is 0. The standard InChI is InChI=1S/C13H26N2O2/c1-2-6-11(14)9-12(16)15-10-13(17)7-4-3-5-8-13/h11,17H,2-10,14H2,1H3,(H,15,16). The normalized spacial score (nSPS) is 20.9. The minimum atomic E-state index is -0.678. The predicted octanol–water partition coefficient (Wildman–Crippen LogP) is 1.32. The first-order valence-electron chi connectivity index (χ1n) is 6.80. The molecule has 4 heteroatoms. The van der Waals surface area contributed by atoms with E-state index in [0.717, 1.165) is 38.5 Å². The molecule has 0 aromatic heterocycles. The zero-order valence-corrected chi connectivity index (χ0v) is 10.9. The van der Waals surface area contributed by atoms with E-state index >= 15 is 0 Å². The van der Waals surface area contributed by atoms with Crippen LogP contribution in [0, 0.1) is 0 Å². The van der Waals surface area contributed by atoms with E-state index in [1.54, 1.807) is 0 Å². The molecule has 1 unspecified atom stereocenters. The average Bonchev–Trinajstić information content (AvgIpc) is 2.28. The lowest BCUT2D eigenvalue weighted by atomic mass is 9.85. The molecule has 1 rings (SSSR count). The van der Waals surface area contributed by atoms with Gasteiger partial charge in [0.2, 0.25) is 5.91 Å². The fourth-order valence-corrected chi connectivity index (χ4v) is 2.43. The second-order valence-electron chi connectivity index (χ2n) is 5.31. The Morgan fingerprint density at radius 3 is 2.65 bits per heavy atom. The van der Waals surface area contributed by atoms with Gasteiger partial charge in [0.05, 0.1) is 5.60 Å². The van der Waals surface area contributed by atoms with Crippen molar-refractivity contribution in [3.63, 3.8) is 0 Å². The van der Waals surface area contributed by atoms with E-state index in [1.807, 2.05) is 0 Å². The van der Waals surface area contributed by atoms with Crippen LogP contribution in [0.15, 0.2) is 0 Å².